The first-order chi connectivity index (χ1) is 5.24. The number of hydrogen-bond donors (Lipinski definition) is 1. The molecule has 60 valence electrons. The average molecular weight is 174 g/mol. The van der Waals surface area contributed by atoms with Crippen LogP contribution in [-0.2, 0) is 0 Å². The summed E-state index contributed by atoms with van der Waals surface area (Å²) in [4.78, 5) is 0. The molecule has 3 heteroatoms. The largest absolute Gasteiger partial charge is 0.327 e. The molecule has 1 nitrogen and oxygen atoms in total. The van der Waals surface area contributed by atoms with Crippen molar-refractivity contribution in [1.29, 1.82) is 0 Å². The molecule has 0 aliphatic carbocycles. The van der Waals surface area contributed by atoms with Gasteiger partial charge in [0.25, 0.3) is 0 Å². The van der Waals surface area contributed by atoms with Gasteiger partial charge in [-0.2, -0.15) is 0 Å². The quantitative estimate of drug-likeness (QED) is 0.730. The molecule has 1 aromatic rings. The lowest BCUT2D eigenvalue weighted by atomic mass is 10.1. The van der Waals surface area contributed by atoms with E-state index < -0.39 is 6.17 Å². The van der Waals surface area contributed by atoms with Crippen molar-refractivity contribution in [2.24, 2.45) is 5.73 Å². The zero-order chi connectivity index (χ0) is 8.27. The number of hydrogen-bond acceptors (Lipinski definition) is 1. The second-order valence-corrected chi connectivity index (χ2v) is 2.69. The van der Waals surface area contributed by atoms with Gasteiger partial charge in [-0.1, -0.05) is 23.7 Å². The monoisotopic (exact) mass is 173 g/mol. The summed E-state index contributed by atoms with van der Waals surface area (Å²) in [6.07, 6.45) is -1.10. The van der Waals surface area contributed by atoms with Crippen molar-refractivity contribution < 1.29 is 4.39 Å². The number of nitrogens with two attached hydrogens (primary N) is 1. The maximum absolute atomic E-state index is 12.9. The molecule has 0 aliphatic heterocycles. The summed E-state index contributed by atoms with van der Waals surface area (Å²) >= 11 is 5.64. The fraction of sp³-hybridized carbons (Fsp3) is 0.250. The predicted molar refractivity (Wildman–Crippen MR) is 44.4 cm³/mol. The summed E-state index contributed by atoms with van der Waals surface area (Å²) < 4.78 is 12.9. The Morgan fingerprint density at radius 2 is 2.27 bits per heavy atom. The average Bonchev–Trinajstić information content (AvgIpc) is 2.03. The minimum atomic E-state index is -1.10. The van der Waals surface area contributed by atoms with Crippen molar-refractivity contribution in [3.63, 3.8) is 0 Å². The molecule has 1 atom stereocenters. The van der Waals surface area contributed by atoms with E-state index in [0.29, 0.717) is 10.6 Å². The second-order valence-electron chi connectivity index (χ2n) is 2.26. The van der Waals surface area contributed by atoms with Crippen LogP contribution >= 0.6 is 11.6 Å². The highest BCUT2D eigenvalue weighted by molar-refractivity contribution is 6.30. The Hall–Kier alpha value is -0.600. The van der Waals surface area contributed by atoms with E-state index >= 15 is 0 Å². The van der Waals surface area contributed by atoms with Crippen LogP contribution < -0.4 is 5.73 Å². The van der Waals surface area contributed by atoms with E-state index in [4.69, 9.17) is 17.3 Å². The molecule has 1 rings (SSSR count). The molecule has 0 fully saturated rings. The third-order valence-electron chi connectivity index (χ3n) is 1.42. The van der Waals surface area contributed by atoms with E-state index in [-0.39, 0.29) is 6.54 Å². The van der Waals surface area contributed by atoms with Crippen LogP contribution in [0.4, 0.5) is 4.39 Å². The van der Waals surface area contributed by atoms with Crippen LogP contribution in [-0.4, -0.2) is 6.54 Å². The SMILES string of the molecule is NCC(F)c1cccc(Cl)c1. The zero-order valence-electron chi connectivity index (χ0n) is 5.93. The molecule has 2 N–H and O–H groups in total. The lowest BCUT2D eigenvalue weighted by molar-refractivity contribution is 0.353. The molecule has 0 bridgehead atoms. The molecule has 0 radical (unpaired) electrons. The molecule has 0 spiro atoms. The van der Waals surface area contributed by atoms with Gasteiger partial charge in [-0.3, -0.25) is 0 Å². The topological polar surface area (TPSA) is 26.0 Å². The fourth-order valence-electron chi connectivity index (χ4n) is 0.838. The molecule has 0 aromatic heterocycles. The molecule has 0 amide bonds. The first-order valence-corrected chi connectivity index (χ1v) is 3.71. The summed E-state index contributed by atoms with van der Waals surface area (Å²) in [5.41, 5.74) is 5.68. The van der Waals surface area contributed by atoms with Gasteiger partial charge >= 0.3 is 0 Å². The molecule has 0 saturated heterocycles. The van der Waals surface area contributed by atoms with Crippen LogP contribution in [0.5, 0.6) is 0 Å². The summed E-state index contributed by atoms with van der Waals surface area (Å²) in [5.74, 6) is 0. The Morgan fingerprint density at radius 1 is 1.55 bits per heavy atom. The van der Waals surface area contributed by atoms with Gasteiger partial charge in [0.15, 0.2) is 0 Å². The number of alkyl halides is 1. The Balaban J connectivity index is 2.86. The molecule has 0 saturated carbocycles. The van der Waals surface area contributed by atoms with Crippen molar-refractivity contribution in [3.8, 4) is 0 Å². The minimum Gasteiger partial charge on any atom is -0.327 e. The van der Waals surface area contributed by atoms with Gasteiger partial charge < -0.3 is 5.73 Å². The van der Waals surface area contributed by atoms with Gasteiger partial charge in [0.1, 0.15) is 6.17 Å². The maximum atomic E-state index is 12.9. The maximum Gasteiger partial charge on any atom is 0.137 e. The van der Waals surface area contributed by atoms with Crippen LogP contribution in [0, 0.1) is 0 Å². The third-order valence-corrected chi connectivity index (χ3v) is 1.65. The van der Waals surface area contributed by atoms with Crippen LogP contribution in [0.3, 0.4) is 0 Å². The Labute approximate surface area is 70.0 Å². The highest BCUT2D eigenvalue weighted by Gasteiger charge is 2.05. The smallest absolute Gasteiger partial charge is 0.137 e. The van der Waals surface area contributed by atoms with E-state index in [9.17, 15) is 4.39 Å². The van der Waals surface area contributed by atoms with E-state index in [1.54, 1.807) is 24.3 Å². The van der Waals surface area contributed by atoms with Gasteiger partial charge in [-0.05, 0) is 17.7 Å². The van der Waals surface area contributed by atoms with Crippen molar-refractivity contribution in [2.45, 2.75) is 6.17 Å². The minimum absolute atomic E-state index is 0.000340. The van der Waals surface area contributed by atoms with Gasteiger partial charge in [0, 0.05) is 11.6 Å². The third kappa shape index (κ3) is 2.17. The standard InChI is InChI=1S/C8H9ClFN/c9-7-3-1-2-6(4-7)8(10)5-11/h1-4,8H,5,11H2. The number of benzene rings is 1. The molecule has 11 heavy (non-hydrogen) atoms. The van der Waals surface area contributed by atoms with E-state index in [1.807, 2.05) is 0 Å². The van der Waals surface area contributed by atoms with E-state index in [2.05, 4.69) is 0 Å². The van der Waals surface area contributed by atoms with E-state index in [1.165, 1.54) is 0 Å². The van der Waals surface area contributed by atoms with Crippen molar-refractivity contribution in [1.82, 2.24) is 0 Å². The lowest BCUT2D eigenvalue weighted by Gasteiger charge is -2.04. The van der Waals surface area contributed by atoms with Crippen LogP contribution in [0.25, 0.3) is 0 Å². The van der Waals surface area contributed by atoms with Crippen LogP contribution in [0.15, 0.2) is 24.3 Å². The zero-order valence-corrected chi connectivity index (χ0v) is 6.68. The number of halogens is 2. The fourth-order valence-corrected chi connectivity index (χ4v) is 1.04. The lowest BCUT2D eigenvalue weighted by Crippen LogP contribution is -2.07. The summed E-state index contributed by atoms with van der Waals surface area (Å²) in [6.45, 7) is 0.000340. The highest BCUT2D eigenvalue weighted by atomic mass is 35.5. The van der Waals surface area contributed by atoms with Gasteiger partial charge in [-0.15, -0.1) is 0 Å². The Kier molecular flexibility index (Phi) is 2.85. The summed E-state index contributed by atoms with van der Waals surface area (Å²) in [5, 5.41) is 0.540. The normalized spacial score (nSPS) is 13.0. The second kappa shape index (κ2) is 3.69. The van der Waals surface area contributed by atoms with Crippen molar-refractivity contribution in [2.75, 3.05) is 6.54 Å². The molecular weight excluding hydrogens is 165 g/mol. The summed E-state index contributed by atoms with van der Waals surface area (Å²) in [6, 6.07) is 6.66. The molecule has 1 aromatic carbocycles. The van der Waals surface area contributed by atoms with Crippen molar-refractivity contribution >= 4 is 11.6 Å². The number of rotatable bonds is 2. The first kappa shape index (κ1) is 8.50. The summed E-state index contributed by atoms with van der Waals surface area (Å²) in [7, 11) is 0. The predicted octanol–water partition coefficient (Wildman–Crippen LogP) is 2.31. The Bertz CT molecular complexity index is 239. The van der Waals surface area contributed by atoms with E-state index in [0.717, 1.165) is 0 Å². The van der Waals surface area contributed by atoms with Crippen LogP contribution in [0.1, 0.15) is 11.7 Å². The van der Waals surface area contributed by atoms with Crippen LogP contribution in [0.2, 0.25) is 5.02 Å². The molecule has 0 aliphatic rings. The Morgan fingerprint density at radius 3 is 2.82 bits per heavy atom. The first-order valence-electron chi connectivity index (χ1n) is 3.33. The highest BCUT2D eigenvalue weighted by Crippen LogP contribution is 2.19. The molecule has 1 unspecified atom stereocenters. The van der Waals surface area contributed by atoms with Gasteiger partial charge in [0.2, 0.25) is 0 Å². The molecule has 0 heterocycles. The van der Waals surface area contributed by atoms with Gasteiger partial charge in [-0.25, -0.2) is 4.39 Å². The van der Waals surface area contributed by atoms with Gasteiger partial charge in [0.05, 0.1) is 0 Å². The molecular formula is C8H9ClFN. The van der Waals surface area contributed by atoms with Crippen molar-refractivity contribution in [3.05, 3.63) is 34.9 Å².